The molecule has 1 aromatic carbocycles. The van der Waals surface area contributed by atoms with Crippen LogP contribution in [0, 0.1) is 20.8 Å². The third-order valence-electron chi connectivity index (χ3n) is 3.82. The molecule has 0 saturated carbocycles. The van der Waals surface area contributed by atoms with E-state index in [1.807, 2.05) is 32.9 Å². The van der Waals surface area contributed by atoms with Gasteiger partial charge in [0, 0.05) is 32.7 Å². The third-order valence-corrected chi connectivity index (χ3v) is 5.06. The van der Waals surface area contributed by atoms with Crippen LogP contribution in [0.25, 0.3) is 0 Å². The number of piperazine rings is 1. The molecule has 0 amide bonds. The summed E-state index contributed by atoms with van der Waals surface area (Å²) in [6, 6.07) is 4.00. The van der Waals surface area contributed by atoms with Gasteiger partial charge in [-0.05, 0) is 31.9 Å². The molecule has 0 atom stereocenters. The Kier molecular flexibility index (Phi) is 5.24. The Hall–Kier alpha value is -1.11. The number of aryl methyl sites for hydroxylation is 3. The lowest BCUT2D eigenvalue weighted by molar-refractivity contribution is 0.254. The number of nitrogens with one attached hydrogen (secondary N) is 2. The van der Waals surface area contributed by atoms with Crippen molar-refractivity contribution >= 4 is 15.7 Å². The predicted molar refractivity (Wildman–Crippen MR) is 87.4 cm³/mol. The first kappa shape index (κ1) is 16.3. The number of hydrogen-bond donors (Lipinski definition) is 2. The molecular weight excluding hydrogens is 286 g/mol. The molecule has 0 aromatic heterocycles. The second-order valence-electron chi connectivity index (χ2n) is 5.79. The summed E-state index contributed by atoms with van der Waals surface area (Å²) in [5.41, 5.74) is 3.81. The molecule has 21 heavy (non-hydrogen) atoms. The minimum Gasteiger partial charge on any atom is -0.314 e. The van der Waals surface area contributed by atoms with Gasteiger partial charge in [-0.3, -0.25) is 9.62 Å². The van der Waals surface area contributed by atoms with Crippen LogP contribution < -0.4 is 10.0 Å². The van der Waals surface area contributed by atoms with Crippen molar-refractivity contribution in [3.8, 4) is 0 Å². The Morgan fingerprint density at radius 3 is 2.29 bits per heavy atom. The van der Waals surface area contributed by atoms with E-state index in [4.69, 9.17) is 0 Å². The van der Waals surface area contributed by atoms with E-state index in [1.54, 1.807) is 0 Å². The third kappa shape index (κ3) is 4.69. The molecular formula is C15H25N3O2S. The Bertz CT molecular complexity index is 570. The highest BCUT2D eigenvalue weighted by molar-refractivity contribution is 7.92. The van der Waals surface area contributed by atoms with Crippen LogP contribution in [0.1, 0.15) is 16.7 Å². The van der Waals surface area contributed by atoms with Crippen molar-refractivity contribution in [1.29, 1.82) is 0 Å². The van der Waals surface area contributed by atoms with Crippen molar-refractivity contribution in [3.63, 3.8) is 0 Å². The van der Waals surface area contributed by atoms with Crippen molar-refractivity contribution in [2.24, 2.45) is 0 Å². The zero-order valence-electron chi connectivity index (χ0n) is 13.1. The van der Waals surface area contributed by atoms with Crippen LogP contribution in [0.3, 0.4) is 0 Å². The first-order valence-electron chi connectivity index (χ1n) is 7.39. The maximum absolute atomic E-state index is 12.3. The largest absolute Gasteiger partial charge is 0.314 e. The van der Waals surface area contributed by atoms with Gasteiger partial charge in [0.1, 0.15) is 0 Å². The smallest absolute Gasteiger partial charge is 0.234 e. The summed E-state index contributed by atoms with van der Waals surface area (Å²) < 4.78 is 27.3. The van der Waals surface area contributed by atoms with Gasteiger partial charge in [0.25, 0.3) is 0 Å². The zero-order chi connectivity index (χ0) is 15.5. The van der Waals surface area contributed by atoms with Gasteiger partial charge in [-0.15, -0.1) is 0 Å². The molecule has 0 unspecified atom stereocenters. The average Bonchev–Trinajstić information content (AvgIpc) is 2.42. The summed E-state index contributed by atoms with van der Waals surface area (Å²) in [7, 11) is -3.30. The molecule has 1 aliphatic rings. The molecule has 2 rings (SSSR count). The highest BCUT2D eigenvalue weighted by Crippen LogP contribution is 2.23. The lowest BCUT2D eigenvalue weighted by Gasteiger charge is -2.27. The number of sulfonamides is 1. The van der Waals surface area contributed by atoms with Crippen molar-refractivity contribution in [2.45, 2.75) is 20.8 Å². The molecule has 5 nitrogen and oxygen atoms in total. The summed E-state index contributed by atoms with van der Waals surface area (Å²) in [6.45, 7) is 10.2. The topological polar surface area (TPSA) is 61.4 Å². The monoisotopic (exact) mass is 311 g/mol. The quantitative estimate of drug-likeness (QED) is 0.859. The van der Waals surface area contributed by atoms with Gasteiger partial charge < -0.3 is 5.32 Å². The fourth-order valence-corrected chi connectivity index (χ4v) is 3.97. The van der Waals surface area contributed by atoms with Gasteiger partial charge in [0.05, 0.1) is 11.4 Å². The summed E-state index contributed by atoms with van der Waals surface area (Å²) >= 11 is 0. The number of nitrogens with zero attached hydrogens (tertiary/aromatic N) is 1. The Morgan fingerprint density at radius 1 is 1.14 bits per heavy atom. The number of benzene rings is 1. The molecule has 0 bridgehead atoms. The van der Waals surface area contributed by atoms with E-state index >= 15 is 0 Å². The second-order valence-corrected chi connectivity index (χ2v) is 7.63. The molecule has 0 spiro atoms. The van der Waals surface area contributed by atoms with Gasteiger partial charge in [0.2, 0.25) is 10.0 Å². The van der Waals surface area contributed by atoms with Gasteiger partial charge >= 0.3 is 0 Å². The molecule has 1 saturated heterocycles. The Morgan fingerprint density at radius 2 is 1.71 bits per heavy atom. The SMILES string of the molecule is Cc1cc(C)c(NS(=O)(=O)CCN2CCNCC2)c(C)c1. The van der Waals surface area contributed by atoms with E-state index in [-0.39, 0.29) is 5.75 Å². The Labute approximate surface area is 127 Å². The molecule has 1 aliphatic heterocycles. The van der Waals surface area contributed by atoms with Crippen LogP contribution in [0.4, 0.5) is 5.69 Å². The van der Waals surface area contributed by atoms with E-state index in [0.29, 0.717) is 6.54 Å². The maximum atomic E-state index is 12.3. The van der Waals surface area contributed by atoms with Crippen molar-refractivity contribution in [2.75, 3.05) is 43.2 Å². The highest BCUT2D eigenvalue weighted by atomic mass is 32.2. The molecule has 1 heterocycles. The maximum Gasteiger partial charge on any atom is 0.234 e. The van der Waals surface area contributed by atoms with E-state index in [0.717, 1.165) is 48.6 Å². The molecule has 1 aromatic rings. The Balaban J connectivity index is 2.00. The first-order valence-corrected chi connectivity index (χ1v) is 9.04. The number of anilines is 1. The van der Waals surface area contributed by atoms with E-state index < -0.39 is 10.0 Å². The predicted octanol–water partition coefficient (Wildman–Crippen LogP) is 1.26. The minimum atomic E-state index is -3.30. The summed E-state index contributed by atoms with van der Waals surface area (Å²) in [5, 5.41) is 3.27. The summed E-state index contributed by atoms with van der Waals surface area (Å²) in [5.74, 6) is 0.139. The van der Waals surface area contributed by atoms with E-state index in [1.165, 1.54) is 0 Å². The molecule has 0 radical (unpaired) electrons. The van der Waals surface area contributed by atoms with Crippen LogP contribution in [0.15, 0.2) is 12.1 Å². The lowest BCUT2D eigenvalue weighted by atomic mass is 10.1. The van der Waals surface area contributed by atoms with Crippen LogP contribution in [0.2, 0.25) is 0 Å². The molecule has 2 N–H and O–H groups in total. The van der Waals surface area contributed by atoms with Gasteiger partial charge in [-0.2, -0.15) is 0 Å². The number of rotatable bonds is 5. The van der Waals surface area contributed by atoms with Crippen LogP contribution in [-0.4, -0.2) is 51.8 Å². The van der Waals surface area contributed by atoms with Gasteiger partial charge in [-0.25, -0.2) is 8.42 Å². The van der Waals surface area contributed by atoms with Crippen LogP contribution in [-0.2, 0) is 10.0 Å². The summed E-state index contributed by atoms with van der Waals surface area (Å²) in [4.78, 5) is 2.19. The van der Waals surface area contributed by atoms with Crippen molar-refractivity contribution < 1.29 is 8.42 Å². The van der Waals surface area contributed by atoms with Crippen LogP contribution >= 0.6 is 0 Å². The highest BCUT2D eigenvalue weighted by Gasteiger charge is 2.17. The first-order chi connectivity index (χ1) is 9.87. The van der Waals surface area contributed by atoms with Gasteiger partial charge in [0.15, 0.2) is 0 Å². The zero-order valence-corrected chi connectivity index (χ0v) is 13.9. The van der Waals surface area contributed by atoms with Gasteiger partial charge in [-0.1, -0.05) is 17.7 Å². The van der Waals surface area contributed by atoms with Crippen molar-refractivity contribution in [1.82, 2.24) is 10.2 Å². The normalized spacial score (nSPS) is 16.9. The van der Waals surface area contributed by atoms with E-state index in [9.17, 15) is 8.42 Å². The van der Waals surface area contributed by atoms with E-state index in [2.05, 4.69) is 14.9 Å². The standard InChI is InChI=1S/C15H25N3O2S/c1-12-10-13(2)15(14(3)11-12)17-21(19,20)9-8-18-6-4-16-5-7-18/h10-11,16-17H,4-9H2,1-3H3. The average molecular weight is 311 g/mol. The fourth-order valence-electron chi connectivity index (χ4n) is 2.73. The molecule has 0 aliphatic carbocycles. The summed E-state index contributed by atoms with van der Waals surface area (Å²) in [6.07, 6.45) is 0. The molecule has 6 heteroatoms. The molecule has 1 fully saturated rings. The van der Waals surface area contributed by atoms with Crippen molar-refractivity contribution in [3.05, 3.63) is 28.8 Å². The lowest BCUT2D eigenvalue weighted by Crippen LogP contribution is -2.45. The number of hydrogen-bond acceptors (Lipinski definition) is 4. The minimum absolute atomic E-state index is 0.139. The molecule has 118 valence electrons. The second kappa shape index (κ2) is 6.77. The van der Waals surface area contributed by atoms with Crippen LogP contribution in [0.5, 0.6) is 0 Å². The fraction of sp³-hybridized carbons (Fsp3) is 0.600.